The van der Waals surface area contributed by atoms with Crippen LogP contribution in [0.5, 0.6) is 0 Å². The highest BCUT2D eigenvalue weighted by Crippen LogP contribution is 2.46. The van der Waals surface area contributed by atoms with Crippen LogP contribution in [0, 0.1) is 11.6 Å². The maximum atomic E-state index is 14.5. The number of alkyl halides is 9. The average molecular weight is 585 g/mol. The number of halogens is 11. The number of carbonyl (C=O) groups excluding carboxylic acids is 1. The van der Waals surface area contributed by atoms with Crippen LogP contribution in [0.4, 0.5) is 48.3 Å². The molecule has 0 aliphatic rings. The first-order chi connectivity index (χ1) is 18.3. The average Bonchev–Trinajstić information content (AvgIpc) is 2.82. The lowest BCUT2D eigenvalue weighted by atomic mass is 9.77. The smallest absolute Gasteiger partial charge is 0.373 e. The number of hydrogen-bond acceptors (Lipinski definition) is 2. The van der Waals surface area contributed by atoms with E-state index in [1.165, 1.54) is 30.3 Å². The van der Waals surface area contributed by atoms with Gasteiger partial charge in [0, 0.05) is 6.42 Å². The van der Waals surface area contributed by atoms with E-state index >= 15 is 0 Å². The quantitative estimate of drug-likeness (QED) is 0.299. The largest absolute Gasteiger partial charge is 0.426 e. The van der Waals surface area contributed by atoms with Crippen LogP contribution in [-0.4, -0.2) is 29.0 Å². The number of nitrogens with one attached hydrogen (secondary N) is 1. The van der Waals surface area contributed by atoms with E-state index in [4.69, 9.17) is 0 Å². The van der Waals surface area contributed by atoms with Gasteiger partial charge in [-0.3, -0.25) is 4.79 Å². The van der Waals surface area contributed by atoms with Crippen LogP contribution in [0.15, 0.2) is 72.8 Å². The molecule has 0 aliphatic heterocycles. The van der Waals surface area contributed by atoms with E-state index in [9.17, 15) is 58.2 Å². The van der Waals surface area contributed by atoms with Gasteiger partial charge in [-0.2, -0.15) is 39.5 Å². The Balaban J connectivity index is 2.30. The van der Waals surface area contributed by atoms with Gasteiger partial charge in [0.25, 0.3) is 5.60 Å². The van der Waals surface area contributed by atoms with Gasteiger partial charge in [-0.25, -0.2) is 8.78 Å². The molecule has 1 atom stereocenters. The van der Waals surface area contributed by atoms with E-state index in [0.717, 1.165) is 24.3 Å². The van der Waals surface area contributed by atoms with Gasteiger partial charge in [-0.15, -0.1) is 0 Å². The molecule has 0 saturated heterocycles. The molecule has 0 bridgehead atoms. The molecule has 3 rings (SSSR count). The second kappa shape index (κ2) is 10.7. The first kappa shape index (κ1) is 30.9. The van der Waals surface area contributed by atoms with Crippen LogP contribution < -0.4 is 5.32 Å². The third-order valence-corrected chi connectivity index (χ3v) is 6.07. The first-order valence-corrected chi connectivity index (χ1v) is 11.1. The summed E-state index contributed by atoms with van der Waals surface area (Å²) in [4.78, 5) is 12.9. The maximum Gasteiger partial charge on any atom is 0.426 e. The van der Waals surface area contributed by atoms with Crippen LogP contribution >= 0.6 is 0 Å². The van der Waals surface area contributed by atoms with Crippen LogP contribution in [0.3, 0.4) is 0 Å². The number of aliphatic hydroxyl groups is 1. The fraction of sp³-hybridized carbons (Fsp3) is 0.269. The lowest BCUT2D eigenvalue weighted by Crippen LogP contribution is -2.60. The summed E-state index contributed by atoms with van der Waals surface area (Å²) in [6.07, 6.45) is -21.2. The third-order valence-electron chi connectivity index (χ3n) is 6.07. The Labute approximate surface area is 219 Å². The Morgan fingerprint density at radius 2 is 1.20 bits per heavy atom. The lowest BCUT2D eigenvalue weighted by Gasteiger charge is -2.38. The standard InChI is InChI=1S/C26H18F11NO2/c27-19-8-6-16(7-9-19)22(13-15-4-2-1-3-5-15,17-10-18(24(29,30)31)12-20(28)11-17)38-21(39)14-23(40,25(32,33)34)26(35,36)37/h1-12,40H,13-14H2,(H,38,39)/t22-/m1/s1. The third kappa shape index (κ3) is 6.37. The zero-order valence-electron chi connectivity index (χ0n) is 19.9. The molecule has 0 unspecified atom stereocenters. The summed E-state index contributed by atoms with van der Waals surface area (Å²) < 4.78 is 149. The molecule has 0 radical (unpaired) electrons. The lowest BCUT2D eigenvalue weighted by molar-refractivity contribution is -0.367. The van der Waals surface area contributed by atoms with Crippen LogP contribution in [-0.2, 0) is 22.9 Å². The van der Waals surface area contributed by atoms with E-state index in [1.54, 1.807) is 0 Å². The summed E-state index contributed by atoms with van der Waals surface area (Å²) in [7, 11) is 0. The summed E-state index contributed by atoms with van der Waals surface area (Å²) >= 11 is 0. The van der Waals surface area contributed by atoms with E-state index in [1.807, 2.05) is 5.32 Å². The Morgan fingerprint density at radius 1 is 0.675 bits per heavy atom. The normalized spacial score (nSPS) is 14.5. The topological polar surface area (TPSA) is 49.3 Å². The summed E-state index contributed by atoms with van der Waals surface area (Å²) in [5, 5.41) is 11.4. The highest BCUT2D eigenvalue weighted by atomic mass is 19.4. The van der Waals surface area contributed by atoms with Gasteiger partial charge in [-0.1, -0.05) is 42.5 Å². The molecule has 3 nitrogen and oxygen atoms in total. The number of carbonyl (C=O) groups is 1. The van der Waals surface area contributed by atoms with Gasteiger partial charge in [0.05, 0.1) is 17.5 Å². The molecule has 216 valence electrons. The second-order valence-corrected chi connectivity index (χ2v) is 8.88. The highest BCUT2D eigenvalue weighted by molar-refractivity contribution is 5.79. The van der Waals surface area contributed by atoms with Gasteiger partial charge < -0.3 is 10.4 Å². The molecule has 0 fully saturated rings. The predicted molar refractivity (Wildman–Crippen MR) is 119 cm³/mol. The van der Waals surface area contributed by atoms with Gasteiger partial charge in [0.15, 0.2) is 0 Å². The van der Waals surface area contributed by atoms with Crippen LogP contribution in [0.1, 0.15) is 28.7 Å². The number of hydrogen-bond donors (Lipinski definition) is 2. The first-order valence-electron chi connectivity index (χ1n) is 11.1. The van der Waals surface area contributed by atoms with Crippen LogP contribution in [0.2, 0.25) is 0 Å². The number of amides is 1. The van der Waals surface area contributed by atoms with Crippen molar-refractivity contribution >= 4 is 5.91 Å². The molecule has 3 aromatic carbocycles. The van der Waals surface area contributed by atoms with Crippen molar-refractivity contribution in [1.29, 1.82) is 0 Å². The van der Waals surface area contributed by atoms with Crippen molar-refractivity contribution in [3.8, 4) is 0 Å². The highest BCUT2D eigenvalue weighted by Gasteiger charge is 2.71. The Morgan fingerprint density at radius 3 is 1.70 bits per heavy atom. The molecule has 0 aromatic heterocycles. The van der Waals surface area contributed by atoms with Gasteiger partial charge in [0.1, 0.15) is 11.6 Å². The molecular weight excluding hydrogens is 567 g/mol. The monoisotopic (exact) mass is 585 g/mol. The fourth-order valence-corrected chi connectivity index (χ4v) is 4.07. The van der Waals surface area contributed by atoms with Crippen molar-refractivity contribution in [3.05, 3.63) is 107 Å². The van der Waals surface area contributed by atoms with Crippen LogP contribution in [0.25, 0.3) is 0 Å². The predicted octanol–water partition coefficient (Wildman–Crippen LogP) is 6.83. The second-order valence-electron chi connectivity index (χ2n) is 8.88. The Hall–Kier alpha value is -3.68. The van der Waals surface area contributed by atoms with Crippen molar-refractivity contribution < 1.29 is 58.2 Å². The maximum absolute atomic E-state index is 14.5. The fourth-order valence-electron chi connectivity index (χ4n) is 4.07. The Kier molecular flexibility index (Phi) is 8.26. The minimum Gasteiger partial charge on any atom is -0.373 e. The number of rotatable bonds is 7. The molecule has 0 saturated carbocycles. The molecule has 0 heterocycles. The van der Waals surface area contributed by atoms with Crippen molar-refractivity contribution in [2.45, 2.75) is 42.5 Å². The summed E-state index contributed by atoms with van der Waals surface area (Å²) in [5.41, 5.74) is -10.5. The molecule has 0 aliphatic carbocycles. The minimum absolute atomic E-state index is 0.0926. The summed E-state index contributed by atoms with van der Waals surface area (Å²) in [5.74, 6) is -4.49. The van der Waals surface area contributed by atoms with E-state index in [0.29, 0.717) is 12.1 Å². The summed E-state index contributed by atoms with van der Waals surface area (Å²) in [6, 6.07) is 11.4. The molecule has 14 heteroatoms. The van der Waals surface area contributed by atoms with Gasteiger partial charge in [-0.05, 0) is 47.0 Å². The SMILES string of the molecule is O=C(CC(O)(C(F)(F)F)C(F)(F)F)N[C@](Cc1ccccc1)(c1ccc(F)cc1)c1cc(F)cc(C(F)(F)F)c1. The number of benzene rings is 3. The molecule has 2 N–H and O–H groups in total. The van der Waals surface area contributed by atoms with E-state index in [2.05, 4.69) is 0 Å². The molecule has 3 aromatic rings. The molecule has 0 spiro atoms. The minimum atomic E-state index is -6.39. The van der Waals surface area contributed by atoms with Crippen molar-refractivity contribution in [2.75, 3.05) is 0 Å². The van der Waals surface area contributed by atoms with E-state index in [-0.39, 0.29) is 17.2 Å². The van der Waals surface area contributed by atoms with Crippen molar-refractivity contribution in [2.24, 2.45) is 0 Å². The van der Waals surface area contributed by atoms with Gasteiger partial charge >= 0.3 is 18.5 Å². The van der Waals surface area contributed by atoms with Crippen molar-refractivity contribution in [3.63, 3.8) is 0 Å². The molecule has 40 heavy (non-hydrogen) atoms. The molecular formula is C26H18F11NO2. The zero-order valence-corrected chi connectivity index (χ0v) is 19.9. The molecule has 1 amide bonds. The zero-order chi connectivity index (χ0) is 30.1. The summed E-state index contributed by atoms with van der Waals surface area (Å²) in [6.45, 7) is 0. The Bertz CT molecular complexity index is 1320. The van der Waals surface area contributed by atoms with Crippen molar-refractivity contribution in [1.82, 2.24) is 5.32 Å². The van der Waals surface area contributed by atoms with E-state index < -0.39 is 71.2 Å². The van der Waals surface area contributed by atoms with Gasteiger partial charge in [0.2, 0.25) is 5.91 Å².